The summed E-state index contributed by atoms with van der Waals surface area (Å²) in [6.07, 6.45) is 0. The highest BCUT2D eigenvalue weighted by molar-refractivity contribution is 5.88. The van der Waals surface area contributed by atoms with Crippen molar-refractivity contribution in [2.75, 3.05) is 7.11 Å². The Morgan fingerprint density at radius 1 is 1.00 bits per heavy atom. The van der Waals surface area contributed by atoms with Crippen molar-refractivity contribution < 1.29 is 9.15 Å². The van der Waals surface area contributed by atoms with Gasteiger partial charge in [-0.1, -0.05) is 44.2 Å². The monoisotopic (exact) mass is 308 g/mol. The zero-order chi connectivity index (χ0) is 16.6. The lowest BCUT2D eigenvalue weighted by Gasteiger charge is -2.10. The zero-order valence-electron chi connectivity index (χ0n) is 13.8. The molecule has 23 heavy (non-hydrogen) atoms. The first-order valence-corrected chi connectivity index (χ1v) is 7.73. The van der Waals surface area contributed by atoms with Gasteiger partial charge in [0.15, 0.2) is 0 Å². The van der Waals surface area contributed by atoms with E-state index in [2.05, 4.69) is 38.1 Å². The van der Waals surface area contributed by atoms with Crippen LogP contribution < -0.4 is 10.4 Å². The number of hydrogen-bond donors (Lipinski definition) is 0. The normalized spacial score (nSPS) is 11.2. The predicted molar refractivity (Wildman–Crippen MR) is 93.3 cm³/mol. The maximum Gasteiger partial charge on any atom is 0.342 e. The van der Waals surface area contributed by atoms with Gasteiger partial charge in [-0.3, -0.25) is 0 Å². The molecular weight excluding hydrogens is 288 g/mol. The summed E-state index contributed by atoms with van der Waals surface area (Å²) in [6.45, 7) is 6.06. The molecule has 3 nitrogen and oxygen atoms in total. The van der Waals surface area contributed by atoms with E-state index in [1.807, 2.05) is 18.2 Å². The van der Waals surface area contributed by atoms with Gasteiger partial charge >= 0.3 is 5.63 Å². The van der Waals surface area contributed by atoms with E-state index in [1.54, 1.807) is 14.0 Å². The van der Waals surface area contributed by atoms with E-state index >= 15 is 0 Å². The van der Waals surface area contributed by atoms with Crippen molar-refractivity contribution in [3.63, 3.8) is 0 Å². The summed E-state index contributed by atoms with van der Waals surface area (Å²) in [6, 6.07) is 14.3. The van der Waals surface area contributed by atoms with Crippen LogP contribution in [0.3, 0.4) is 0 Å². The lowest BCUT2D eigenvalue weighted by atomic mass is 9.98. The van der Waals surface area contributed by atoms with E-state index in [4.69, 9.17) is 9.15 Å². The van der Waals surface area contributed by atoms with Gasteiger partial charge in [-0.25, -0.2) is 4.79 Å². The molecule has 3 aromatic rings. The Morgan fingerprint density at radius 3 is 2.26 bits per heavy atom. The molecule has 0 unspecified atom stereocenters. The minimum Gasteiger partial charge on any atom is -0.495 e. The van der Waals surface area contributed by atoms with Crippen LogP contribution in [0.4, 0.5) is 0 Å². The molecule has 3 heteroatoms. The second-order valence-electron chi connectivity index (χ2n) is 6.04. The standard InChI is InChI=1S/C20H20O3/c1-12(2)14-5-7-15(8-6-14)16-9-10-17-18(11-16)23-20(21)13(3)19(17)22-4/h5-12H,1-4H3. The largest absolute Gasteiger partial charge is 0.495 e. The van der Waals surface area contributed by atoms with E-state index in [9.17, 15) is 4.79 Å². The fourth-order valence-electron chi connectivity index (χ4n) is 2.77. The van der Waals surface area contributed by atoms with Crippen LogP contribution in [0.15, 0.2) is 51.7 Å². The van der Waals surface area contributed by atoms with Gasteiger partial charge < -0.3 is 9.15 Å². The van der Waals surface area contributed by atoms with Crippen molar-refractivity contribution in [3.05, 3.63) is 64.0 Å². The topological polar surface area (TPSA) is 39.4 Å². The summed E-state index contributed by atoms with van der Waals surface area (Å²) in [5, 5.41) is 0.812. The highest BCUT2D eigenvalue weighted by atomic mass is 16.5. The molecule has 1 aromatic heterocycles. The number of ether oxygens (including phenoxy) is 1. The molecule has 3 rings (SSSR count). The zero-order valence-corrected chi connectivity index (χ0v) is 13.8. The molecule has 0 aliphatic heterocycles. The molecule has 0 aliphatic rings. The Kier molecular flexibility index (Phi) is 3.95. The predicted octanol–water partition coefficient (Wildman–Crippen LogP) is 4.90. The maximum atomic E-state index is 11.9. The first-order valence-electron chi connectivity index (χ1n) is 7.73. The Hall–Kier alpha value is -2.55. The number of hydrogen-bond acceptors (Lipinski definition) is 3. The third-order valence-electron chi connectivity index (χ3n) is 4.19. The molecule has 0 saturated carbocycles. The average Bonchev–Trinajstić information content (AvgIpc) is 2.56. The van der Waals surface area contributed by atoms with E-state index < -0.39 is 0 Å². The molecule has 0 saturated heterocycles. The molecule has 0 bridgehead atoms. The average molecular weight is 308 g/mol. The Bertz CT molecular complexity index is 903. The minimum absolute atomic E-state index is 0.360. The number of fused-ring (bicyclic) bond motifs is 1. The SMILES string of the molecule is COc1c(C)c(=O)oc2cc(-c3ccc(C(C)C)cc3)ccc12. The molecule has 0 fully saturated rings. The van der Waals surface area contributed by atoms with Crippen molar-refractivity contribution in [1.29, 1.82) is 0 Å². The quantitative estimate of drug-likeness (QED) is 0.646. The van der Waals surface area contributed by atoms with Gasteiger partial charge in [-0.2, -0.15) is 0 Å². The molecule has 118 valence electrons. The van der Waals surface area contributed by atoms with Gasteiger partial charge in [0.25, 0.3) is 0 Å². The minimum atomic E-state index is -0.360. The van der Waals surface area contributed by atoms with Gasteiger partial charge in [-0.15, -0.1) is 0 Å². The van der Waals surface area contributed by atoms with E-state index in [0.29, 0.717) is 22.8 Å². The summed E-state index contributed by atoms with van der Waals surface area (Å²) in [5.74, 6) is 1.09. The van der Waals surface area contributed by atoms with Crippen LogP contribution in [0, 0.1) is 6.92 Å². The van der Waals surface area contributed by atoms with Gasteiger partial charge in [0.05, 0.1) is 18.1 Å². The molecule has 0 N–H and O–H groups in total. The number of methoxy groups -OCH3 is 1. The molecule has 0 amide bonds. The van der Waals surface area contributed by atoms with Crippen LogP contribution in [-0.2, 0) is 0 Å². The molecular formula is C20H20O3. The molecule has 2 aromatic carbocycles. The van der Waals surface area contributed by atoms with Crippen LogP contribution in [0.2, 0.25) is 0 Å². The van der Waals surface area contributed by atoms with Gasteiger partial charge in [0.2, 0.25) is 0 Å². The number of rotatable bonds is 3. The van der Waals surface area contributed by atoms with Gasteiger partial charge in [0, 0.05) is 0 Å². The third kappa shape index (κ3) is 2.74. The van der Waals surface area contributed by atoms with Gasteiger partial charge in [-0.05, 0) is 41.7 Å². The van der Waals surface area contributed by atoms with Crippen molar-refractivity contribution in [1.82, 2.24) is 0 Å². The Balaban J connectivity index is 2.13. The second-order valence-corrected chi connectivity index (χ2v) is 6.04. The van der Waals surface area contributed by atoms with Crippen molar-refractivity contribution >= 4 is 11.0 Å². The van der Waals surface area contributed by atoms with Crippen molar-refractivity contribution in [2.45, 2.75) is 26.7 Å². The van der Waals surface area contributed by atoms with Crippen LogP contribution in [0.5, 0.6) is 5.75 Å². The second kappa shape index (κ2) is 5.92. The van der Waals surface area contributed by atoms with E-state index in [1.165, 1.54) is 5.56 Å². The molecule has 0 aliphatic carbocycles. The van der Waals surface area contributed by atoms with E-state index in [0.717, 1.165) is 16.5 Å². The van der Waals surface area contributed by atoms with Crippen LogP contribution in [0.1, 0.15) is 30.9 Å². The highest BCUT2D eigenvalue weighted by Gasteiger charge is 2.12. The Labute approximate surface area is 135 Å². The molecule has 0 spiro atoms. The summed E-state index contributed by atoms with van der Waals surface area (Å²) < 4.78 is 10.8. The first kappa shape index (κ1) is 15.3. The van der Waals surface area contributed by atoms with Crippen LogP contribution >= 0.6 is 0 Å². The molecule has 1 heterocycles. The fraction of sp³-hybridized carbons (Fsp3) is 0.250. The van der Waals surface area contributed by atoms with E-state index in [-0.39, 0.29) is 5.63 Å². The van der Waals surface area contributed by atoms with Crippen molar-refractivity contribution in [3.8, 4) is 16.9 Å². The smallest absolute Gasteiger partial charge is 0.342 e. The summed E-state index contributed by atoms with van der Waals surface area (Å²) in [5.41, 5.74) is 4.09. The molecule has 0 radical (unpaired) electrons. The highest BCUT2D eigenvalue weighted by Crippen LogP contribution is 2.31. The fourth-order valence-corrected chi connectivity index (χ4v) is 2.77. The van der Waals surface area contributed by atoms with Gasteiger partial charge in [0.1, 0.15) is 11.3 Å². The molecule has 0 atom stereocenters. The third-order valence-corrected chi connectivity index (χ3v) is 4.19. The van der Waals surface area contributed by atoms with Crippen LogP contribution in [0.25, 0.3) is 22.1 Å². The maximum absolute atomic E-state index is 11.9. The number of benzene rings is 2. The lowest BCUT2D eigenvalue weighted by Crippen LogP contribution is -2.05. The van der Waals surface area contributed by atoms with Crippen LogP contribution in [-0.4, -0.2) is 7.11 Å². The summed E-state index contributed by atoms with van der Waals surface area (Å²) in [7, 11) is 1.57. The first-order chi connectivity index (χ1) is 11.0. The lowest BCUT2D eigenvalue weighted by molar-refractivity contribution is 0.409. The Morgan fingerprint density at radius 2 is 1.65 bits per heavy atom. The summed E-state index contributed by atoms with van der Waals surface area (Å²) in [4.78, 5) is 11.9. The summed E-state index contributed by atoms with van der Waals surface area (Å²) >= 11 is 0. The van der Waals surface area contributed by atoms with Crippen molar-refractivity contribution in [2.24, 2.45) is 0 Å².